The van der Waals surface area contributed by atoms with Gasteiger partial charge in [0, 0.05) is 24.0 Å². The van der Waals surface area contributed by atoms with Crippen molar-refractivity contribution in [2.45, 2.75) is 19.3 Å². The number of halogens is 4. The molecule has 2 N–H and O–H groups in total. The molecule has 2 rings (SSSR count). The minimum Gasteiger partial charge on any atom is -0.273 e. The number of hydrazone groups is 2. The fraction of sp³-hybridized carbons (Fsp3) is 0.158. The summed E-state index contributed by atoms with van der Waals surface area (Å²) >= 11 is 11.7. The Balaban J connectivity index is 1.71. The lowest BCUT2D eigenvalue weighted by atomic mass is 10.2. The molecular formula is C19H16Cl2F2N4O2. The summed E-state index contributed by atoms with van der Waals surface area (Å²) in [6, 6.07) is 8.33. The second kappa shape index (κ2) is 11.2. The van der Waals surface area contributed by atoms with Crippen LogP contribution in [0.3, 0.4) is 0 Å². The first-order chi connectivity index (χ1) is 13.9. The van der Waals surface area contributed by atoms with Gasteiger partial charge in [-0.1, -0.05) is 35.3 Å². The van der Waals surface area contributed by atoms with Gasteiger partial charge in [0.15, 0.2) is 0 Å². The predicted octanol–water partition coefficient (Wildman–Crippen LogP) is 4.04. The molecule has 2 amide bonds. The van der Waals surface area contributed by atoms with E-state index in [1.54, 1.807) is 0 Å². The Bertz CT molecular complexity index is 836. The Morgan fingerprint density at radius 3 is 1.62 bits per heavy atom. The van der Waals surface area contributed by atoms with Crippen molar-refractivity contribution in [2.24, 2.45) is 10.2 Å². The van der Waals surface area contributed by atoms with E-state index in [-0.39, 0.29) is 40.4 Å². The zero-order valence-corrected chi connectivity index (χ0v) is 16.5. The van der Waals surface area contributed by atoms with Crippen LogP contribution in [0, 0.1) is 11.6 Å². The molecule has 0 fully saturated rings. The lowest BCUT2D eigenvalue weighted by Gasteiger charge is -2.02. The zero-order chi connectivity index (χ0) is 21.2. The molecule has 10 heteroatoms. The Morgan fingerprint density at radius 2 is 1.24 bits per heavy atom. The van der Waals surface area contributed by atoms with E-state index in [0.717, 1.165) is 12.4 Å². The van der Waals surface area contributed by atoms with E-state index >= 15 is 0 Å². The number of carbonyl (C=O) groups excluding carboxylic acids is 2. The van der Waals surface area contributed by atoms with E-state index in [2.05, 4.69) is 21.1 Å². The van der Waals surface area contributed by atoms with E-state index in [0.29, 0.717) is 0 Å². The van der Waals surface area contributed by atoms with Gasteiger partial charge in [0.2, 0.25) is 11.8 Å². The molecule has 0 aromatic heterocycles. The average Bonchev–Trinajstić information content (AvgIpc) is 2.66. The van der Waals surface area contributed by atoms with Crippen LogP contribution in [0.4, 0.5) is 8.78 Å². The molecule has 0 saturated heterocycles. The molecule has 0 bridgehead atoms. The van der Waals surface area contributed by atoms with Gasteiger partial charge in [0.25, 0.3) is 0 Å². The van der Waals surface area contributed by atoms with Crippen molar-refractivity contribution >= 4 is 47.4 Å². The van der Waals surface area contributed by atoms with Crippen LogP contribution < -0.4 is 10.9 Å². The molecule has 0 atom stereocenters. The van der Waals surface area contributed by atoms with Crippen molar-refractivity contribution in [1.29, 1.82) is 0 Å². The summed E-state index contributed by atoms with van der Waals surface area (Å²) < 4.78 is 27.1. The molecule has 152 valence electrons. The van der Waals surface area contributed by atoms with Gasteiger partial charge in [-0.05, 0) is 30.7 Å². The number of amides is 2. The Hall–Kier alpha value is -2.84. The molecular weight excluding hydrogens is 425 g/mol. The van der Waals surface area contributed by atoms with Crippen molar-refractivity contribution < 1.29 is 18.4 Å². The highest BCUT2D eigenvalue weighted by molar-refractivity contribution is 6.33. The van der Waals surface area contributed by atoms with Crippen LogP contribution in [0.25, 0.3) is 0 Å². The predicted molar refractivity (Wildman–Crippen MR) is 108 cm³/mol. The summed E-state index contributed by atoms with van der Waals surface area (Å²) in [6.45, 7) is 0. The Morgan fingerprint density at radius 1 is 0.828 bits per heavy atom. The summed E-state index contributed by atoms with van der Waals surface area (Å²) in [5.41, 5.74) is 4.56. The molecule has 2 aromatic carbocycles. The van der Waals surface area contributed by atoms with Crippen LogP contribution in [0.15, 0.2) is 46.6 Å². The van der Waals surface area contributed by atoms with E-state index in [9.17, 15) is 18.4 Å². The number of hydrogen-bond donors (Lipinski definition) is 2. The molecule has 6 nitrogen and oxygen atoms in total. The van der Waals surface area contributed by atoms with E-state index in [1.807, 2.05) is 0 Å². The molecule has 0 radical (unpaired) electrons. The normalized spacial score (nSPS) is 11.2. The van der Waals surface area contributed by atoms with Crippen LogP contribution in [0.1, 0.15) is 30.4 Å². The number of hydrogen-bond acceptors (Lipinski definition) is 4. The third-order valence-electron chi connectivity index (χ3n) is 3.57. The topological polar surface area (TPSA) is 82.9 Å². The van der Waals surface area contributed by atoms with Gasteiger partial charge in [-0.3, -0.25) is 9.59 Å². The second-order valence-electron chi connectivity index (χ2n) is 5.71. The van der Waals surface area contributed by atoms with Crippen LogP contribution in [-0.4, -0.2) is 24.2 Å². The highest BCUT2D eigenvalue weighted by atomic mass is 35.5. The number of rotatable bonds is 8. The molecule has 0 aliphatic rings. The summed E-state index contributed by atoms with van der Waals surface area (Å²) in [7, 11) is 0. The van der Waals surface area contributed by atoms with Crippen molar-refractivity contribution in [1.82, 2.24) is 10.9 Å². The van der Waals surface area contributed by atoms with Crippen molar-refractivity contribution in [3.05, 3.63) is 69.2 Å². The molecule has 0 spiro atoms. The van der Waals surface area contributed by atoms with Crippen molar-refractivity contribution in [3.8, 4) is 0 Å². The number of carbonyl (C=O) groups is 2. The first-order valence-electron chi connectivity index (χ1n) is 8.40. The quantitative estimate of drug-likeness (QED) is 0.479. The Labute approximate surface area is 175 Å². The van der Waals surface area contributed by atoms with Gasteiger partial charge in [-0.15, -0.1) is 0 Å². The minimum atomic E-state index is -0.565. The Kier molecular flexibility index (Phi) is 8.69. The van der Waals surface area contributed by atoms with Gasteiger partial charge in [-0.2, -0.15) is 10.2 Å². The fourth-order valence-corrected chi connectivity index (χ4v) is 2.55. The van der Waals surface area contributed by atoms with Crippen molar-refractivity contribution in [2.75, 3.05) is 0 Å². The molecule has 0 saturated carbocycles. The summed E-state index contributed by atoms with van der Waals surface area (Å²) in [6.07, 6.45) is 2.45. The van der Waals surface area contributed by atoms with Gasteiger partial charge in [0.1, 0.15) is 11.6 Å². The molecule has 0 aliphatic carbocycles. The number of nitrogens with one attached hydrogen (secondary N) is 2. The second-order valence-corrected chi connectivity index (χ2v) is 6.52. The molecule has 0 heterocycles. The van der Waals surface area contributed by atoms with Crippen LogP contribution in [0.5, 0.6) is 0 Å². The standard InChI is InChI=1S/C19H16Cl2F2N4O2/c20-14-4-1-6-16(22)12(14)10-24-26-18(28)8-3-9-19(29)27-25-11-13-15(21)5-2-7-17(13)23/h1-2,4-7,10-11H,3,8-9H2,(H,26,28)(H,27,29)/b24-10+,25-11+. The van der Waals surface area contributed by atoms with Gasteiger partial charge >= 0.3 is 0 Å². The SMILES string of the molecule is O=C(CCCC(=O)N/N=C/c1c(F)cccc1Cl)N/N=C/c1c(F)cccc1Cl. The smallest absolute Gasteiger partial charge is 0.240 e. The number of nitrogens with zero attached hydrogens (tertiary/aromatic N) is 2. The average molecular weight is 441 g/mol. The molecule has 2 aromatic rings. The number of benzene rings is 2. The maximum absolute atomic E-state index is 13.5. The van der Waals surface area contributed by atoms with Crippen LogP contribution in [0.2, 0.25) is 10.0 Å². The van der Waals surface area contributed by atoms with Crippen LogP contribution >= 0.6 is 23.2 Å². The molecule has 29 heavy (non-hydrogen) atoms. The largest absolute Gasteiger partial charge is 0.273 e. The van der Waals surface area contributed by atoms with E-state index < -0.39 is 23.4 Å². The van der Waals surface area contributed by atoms with Crippen molar-refractivity contribution in [3.63, 3.8) is 0 Å². The third-order valence-corrected chi connectivity index (χ3v) is 4.23. The fourth-order valence-electron chi connectivity index (χ4n) is 2.13. The van der Waals surface area contributed by atoms with Gasteiger partial charge < -0.3 is 0 Å². The van der Waals surface area contributed by atoms with E-state index in [4.69, 9.17) is 23.2 Å². The maximum Gasteiger partial charge on any atom is 0.240 e. The highest BCUT2D eigenvalue weighted by Crippen LogP contribution is 2.17. The van der Waals surface area contributed by atoms with Gasteiger partial charge in [0.05, 0.1) is 22.5 Å². The van der Waals surface area contributed by atoms with E-state index in [1.165, 1.54) is 36.4 Å². The van der Waals surface area contributed by atoms with Gasteiger partial charge in [-0.25, -0.2) is 19.6 Å². The highest BCUT2D eigenvalue weighted by Gasteiger charge is 2.07. The lowest BCUT2D eigenvalue weighted by molar-refractivity contribution is -0.122. The lowest BCUT2D eigenvalue weighted by Crippen LogP contribution is -2.20. The first-order valence-corrected chi connectivity index (χ1v) is 9.16. The summed E-state index contributed by atoms with van der Waals surface area (Å²) in [5, 5.41) is 7.61. The maximum atomic E-state index is 13.5. The zero-order valence-electron chi connectivity index (χ0n) is 15.0. The minimum absolute atomic E-state index is 0.0125. The molecule has 0 aliphatic heterocycles. The monoisotopic (exact) mass is 440 g/mol. The summed E-state index contributed by atoms with van der Waals surface area (Å²) in [5.74, 6) is -2.04. The first kappa shape index (κ1) is 22.4. The summed E-state index contributed by atoms with van der Waals surface area (Å²) in [4.78, 5) is 23.4. The molecule has 0 unspecified atom stereocenters. The third kappa shape index (κ3) is 7.24. The van der Waals surface area contributed by atoms with Crippen LogP contribution in [-0.2, 0) is 9.59 Å².